The molecule has 0 radical (unpaired) electrons. The van der Waals surface area contributed by atoms with Gasteiger partial charge in [-0.15, -0.1) is 0 Å². The summed E-state index contributed by atoms with van der Waals surface area (Å²) in [5.41, 5.74) is 4.24. The molecule has 1 atom stereocenters. The molecule has 1 aromatic carbocycles. The Morgan fingerprint density at radius 1 is 1.06 bits per heavy atom. The maximum atomic E-state index is 2.31. The van der Waals surface area contributed by atoms with Gasteiger partial charge in [-0.25, -0.2) is 0 Å². The molecule has 0 N–H and O–H groups in total. The maximum Gasteiger partial charge on any atom is 0.0130 e. The van der Waals surface area contributed by atoms with Crippen LogP contribution < -0.4 is 0 Å². The van der Waals surface area contributed by atoms with E-state index in [1.54, 1.807) is 0 Å². The first kappa shape index (κ1) is 12.6. The van der Waals surface area contributed by atoms with Gasteiger partial charge in [0, 0.05) is 5.92 Å². The van der Waals surface area contributed by atoms with Crippen molar-refractivity contribution in [1.29, 1.82) is 0 Å². The Bertz CT molecular complexity index is 513. The van der Waals surface area contributed by atoms with Crippen LogP contribution in [-0.2, 0) is 0 Å². The van der Waals surface area contributed by atoms with Crippen LogP contribution in [0.15, 0.2) is 66.3 Å². The van der Waals surface area contributed by atoms with Gasteiger partial charge >= 0.3 is 0 Å². The normalized spacial score (nSPS) is 19.0. The van der Waals surface area contributed by atoms with Crippen LogP contribution in [0.2, 0.25) is 0 Å². The average molecular weight is 236 g/mol. The minimum atomic E-state index is 0.513. The third-order valence-corrected chi connectivity index (χ3v) is 3.27. The second-order valence-electron chi connectivity index (χ2n) is 4.52. The van der Waals surface area contributed by atoms with E-state index in [0.717, 1.165) is 6.42 Å². The zero-order valence-electron chi connectivity index (χ0n) is 11.1. The molecule has 0 heterocycles. The summed E-state index contributed by atoms with van der Waals surface area (Å²) in [6.45, 7) is 4.12. The van der Waals surface area contributed by atoms with Crippen LogP contribution in [0, 0.1) is 0 Å². The predicted molar refractivity (Wildman–Crippen MR) is 80.5 cm³/mol. The first-order chi connectivity index (χ1) is 8.86. The number of allylic oxidation sites excluding steroid dienone is 7. The summed E-state index contributed by atoms with van der Waals surface area (Å²) in [4.78, 5) is 0. The molecule has 1 unspecified atom stereocenters. The lowest BCUT2D eigenvalue weighted by Crippen LogP contribution is -1.95. The molecule has 1 aromatic rings. The summed E-state index contributed by atoms with van der Waals surface area (Å²) in [5, 5.41) is 0. The fourth-order valence-electron chi connectivity index (χ4n) is 2.44. The standard InChI is InChI=1S/C18H20/c1-3-5-6-7-12-17-15(10-4-2)14-16-11-8-9-13-18(16)17/h3-11,13-14,17H,12H2,1-2H3/b5-3-,7-6-,10-4-. The summed E-state index contributed by atoms with van der Waals surface area (Å²) in [6, 6.07) is 8.69. The van der Waals surface area contributed by atoms with Gasteiger partial charge in [0.1, 0.15) is 0 Å². The lowest BCUT2D eigenvalue weighted by molar-refractivity contribution is 0.847. The molecule has 0 bridgehead atoms. The molecule has 0 nitrogen and oxygen atoms in total. The van der Waals surface area contributed by atoms with E-state index < -0.39 is 0 Å². The van der Waals surface area contributed by atoms with Gasteiger partial charge in [-0.1, -0.05) is 66.8 Å². The molecule has 1 aliphatic carbocycles. The van der Waals surface area contributed by atoms with Crippen LogP contribution in [0.5, 0.6) is 0 Å². The van der Waals surface area contributed by atoms with Crippen molar-refractivity contribution in [2.75, 3.05) is 0 Å². The average Bonchev–Trinajstić information content (AvgIpc) is 2.73. The molecule has 0 aromatic heterocycles. The van der Waals surface area contributed by atoms with E-state index in [-0.39, 0.29) is 0 Å². The first-order valence-corrected chi connectivity index (χ1v) is 6.58. The van der Waals surface area contributed by atoms with Crippen molar-refractivity contribution in [2.45, 2.75) is 26.2 Å². The predicted octanol–water partition coefficient (Wildman–Crippen LogP) is 5.27. The Hall–Kier alpha value is -1.82. The summed E-state index contributed by atoms with van der Waals surface area (Å²) in [5.74, 6) is 0.513. The number of fused-ring (bicyclic) bond motifs is 1. The second kappa shape index (κ2) is 6.20. The molecule has 0 spiro atoms. The van der Waals surface area contributed by atoms with Gasteiger partial charge in [-0.05, 0) is 37.0 Å². The van der Waals surface area contributed by atoms with Gasteiger partial charge in [0.05, 0.1) is 0 Å². The monoisotopic (exact) mass is 236 g/mol. The van der Waals surface area contributed by atoms with Gasteiger partial charge in [-0.3, -0.25) is 0 Å². The van der Waals surface area contributed by atoms with Crippen molar-refractivity contribution in [3.63, 3.8) is 0 Å². The summed E-state index contributed by atoms with van der Waals surface area (Å²) in [7, 11) is 0. The summed E-state index contributed by atoms with van der Waals surface area (Å²) >= 11 is 0. The Balaban J connectivity index is 2.23. The number of rotatable bonds is 4. The summed E-state index contributed by atoms with van der Waals surface area (Å²) < 4.78 is 0. The van der Waals surface area contributed by atoms with Gasteiger partial charge < -0.3 is 0 Å². The third kappa shape index (κ3) is 2.70. The molecule has 0 saturated carbocycles. The topological polar surface area (TPSA) is 0 Å². The van der Waals surface area contributed by atoms with E-state index in [0.29, 0.717) is 5.92 Å². The Morgan fingerprint density at radius 2 is 1.89 bits per heavy atom. The fourth-order valence-corrected chi connectivity index (χ4v) is 2.44. The van der Waals surface area contributed by atoms with Crippen LogP contribution in [0.4, 0.5) is 0 Å². The van der Waals surface area contributed by atoms with Gasteiger partial charge in [0.25, 0.3) is 0 Å². The van der Waals surface area contributed by atoms with Crippen molar-refractivity contribution >= 4 is 6.08 Å². The van der Waals surface area contributed by atoms with Crippen molar-refractivity contribution in [3.05, 3.63) is 77.4 Å². The summed E-state index contributed by atoms with van der Waals surface area (Å²) in [6.07, 6.45) is 16.3. The maximum absolute atomic E-state index is 2.31. The molecular formula is C18H20. The molecule has 0 amide bonds. The Kier molecular flexibility index (Phi) is 4.35. The molecule has 0 aliphatic heterocycles. The molecule has 18 heavy (non-hydrogen) atoms. The largest absolute Gasteiger partial charge is 0.0877 e. The highest BCUT2D eigenvalue weighted by Crippen LogP contribution is 2.39. The van der Waals surface area contributed by atoms with Crippen LogP contribution in [0.3, 0.4) is 0 Å². The Morgan fingerprint density at radius 3 is 2.67 bits per heavy atom. The molecular weight excluding hydrogens is 216 g/mol. The lowest BCUT2D eigenvalue weighted by Gasteiger charge is -2.12. The molecule has 0 fully saturated rings. The van der Waals surface area contributed by atoms with Gasteiger partial charge in [0.2, 0.25) is 0 Å². The molecule has 1 aliphatic rings. The van der Waals surface area contributed by atoms with Crippen LogP contribution in [-0.4, -0.2) is 0 Å². The number of benzene rings is 1. The number of hydrogen-bond donors (Lipinski definition) is 0. The quantitative estimate of drug-likeness (QED) is 0.625. The molecule has 0 heteroatoms. The minimum Gasteiger partial charge on any atom is -0.0877 e. The van der Waals surface area contributed by atoms with Crippen LogP contribution in [0.1, 0.15) is 37.3 Å². The van der Waals surface area contributed by atoms with E-state index in [1.165, 1.54) is 16.7 Å². The Labute approximate surface area is 110 Å². The van der Waals surface area contributed by atoms with Crippen LogP contribution >= 0.6 is 0 Å². The number of hydrogen-bond acceptors (Lipinski definition) is 0. The molecule has 0 saturated heterocycles. The smallest absolute Gasteiger partial charge is 0.0130 e. The van der Waals surface area contributed by atoms with Gasteiger partial charge in [-0.2, -0.15) is 0 Å². The van der Waals surface area contributed by atoms with E-state index in [1.807, 2.05) is 6.92 Å². The first-order valence-electron chi connectivity index (χ1n) is 6.58. The zero-order valence-corrected chi connectivity index (χ0v) is 11.1. The fraction of sp³-hybridized carbons (Fsp3) is 0.222. The van der Waals surface area contributed by atoms with Crippen LogP contribution in [0.25, 0.3) is 6.08 Å². The zero-order chi connectivity index (χ0) is 12.8. The SMILES string of the molecule is C/C=C\C=C/CC1C(/C=C\C)=Cc2ccccc21. The van der Waals surface area contributed by atoms with Crippen molar-refractivity contribution in [1.82, 2.24) is 0 Å². The molecule has 92 valence electrons. The van der Waals surface area contributed by atoms with Gasteiger partial charge in [0.15, 0.2) is 0 Å². The van der Waals surface area contributed by atoms with E-state index in [9.17, 15) is 0 Å². The van der Waals surface area contributed by atoms with E-state index in [2.05, 4.69) is 73.7 Å². The van der Waals surface area contributed by atoms with Crippen molar-refractivity contribution in [3.8, 4) is 0 Å². The highest BCUT2D eigenvalue weighted by molar-refractivity contribution is 5.69. The van der Waals surface area contributed by atoms with Crippen molar-refractivity contribution < 1.29 is 0 Å². The third-order valence-electron chi connectivity index (χ3n) is 3.27. The van der Waals surface area contributed by atoms with E-state index >= 15 is 0 Å². The highest BCUT2D eigenvalue weighted by Gasteiger charge is 2.21. The van der Waals surface area contributed by atoms with E-state index in [4.69, 9.17) is 0 Å². The lowest BCUT2D eigenvalue weighted by atomic mass is 9.92. The minimum absolute atomic E-state index is 0.513. The second-order valence-corrected chi connectivity index (χ2v) is 4.52. The highest BCUT2D eigenvalue weighted by atomic mass is 14.2. The molecule has 2 rings (SSSR count). The van der Waals surface area contributed by atoms with Crippen molar-refractivity contribution in [2.24, 2.45) is 0 Å².